The molecular formula is C31H20N2. The Morgan fingerprint density at radius 1 is 0.485 bits per heavy atom. The summed E-state index contributed by atoms with van der Waals surface area (Å²) in [4.78, 5) is 0. The average molecular weight is 421 g/mol. The number of hydrogen-bond donors (Lipinski definition) is 0. The van der Waals surface area contributed by atoms with Gasteiger partial charge in [-0.3, -0.25) is 0 Å². The predicted octanol–water partition coefficient (Wildman–Crippen LogP) is 8.15. The molecule has 33 heavy (non-hydrogen) atoms. The summed E-state index contributed by atoms with van der Waals surface area (Å²) >= 11 is 0. The number of fused-ring (bicyclic) bond motifs is 6. The number of rotatable bonds is 1. The summed E-state index contributed by atoms with van der Waals surface area (Å²) in [7, 11) is 2.20. The van der Waals surface area contributed by atoms with Crippen LogP contribution in [0.1, 0.15) is 0 Å². The van der Waals surface area contributed by atoms with E-state index in [0.717, 1.165) is 0 Å². The van der Waals surface area contributed by atoms with Gasteiger partial charge in [0.05, 0.1) is 22.1 Å². The maximum absolute atomic E-state index is 2.51. The number of aromatic nitrogens is 2. The molecule has 0 fully saturated rings. The molecule has 8 rings (SSSR count). The second-order valence-electron chi connectivity index (χ2n) is 9.04. The first-order chi connectivity index (χ1) is 16.3. The topological polar surface area (TPSA) is 9.34 Å². The van der Waals surface area contributed by atoms with E-state index < -0.39 is 0 Å². The molecule has 0 N–H and O–H groups in total. The fourth-order valence-electron chi connectivity index (χ4n) is 6.09. The van der Waals surface area contributed by atoms with Crippen molar-refractivity contribution in [3.63, 3.8) is 0 Å². The van der Waals surface area contributed by atoms with Crippen molar-refractivity contribution in [3.8, 4) is 11.1 Å². The molecule has 8 aromatic rings. The SMILES string of the molecule is Cn1c2cccc3c4ccccc4n4c5ccccc5c5c(-c6ccccc6)cc1c(c32)c54. The smallest absolute Gasteiger partial charge is 0.0648 e. The van der Waals surface area contributed by atoms with Crippen molar-refractivity contribution < 1.29 is 0 Å². The quantitative estimate of drug-likeness (QED) is 0.253. The molecule has 0 aliphatic heterocycles. The van der Waals surface area contributed by atoms with Crippen LogP contribution in [0.4, 0.5) is 0 Å². The molecule has 0 radical (unpaired) electrons. The lowest BCUT2D eigenvalue weighted by molar-refractivity contribution is 1.01. The Balaban J connectivity index is 1.86. The molecule has 0 unspecified atom stereocenters. The van der Waals surface area contributed by atoms with Gasteiger partial charge in [0.25, 0.3) is 0 Å². The van der Waals surface area contributed by atoms with E-state index in [2.05, 4.69) is 119 Å². The van der Waals surface area contributed by atoms with Crippen LogP contribution in [0.25, 0.3) is 71.0 Å². The number of para-hydroxylation sites is 2. The fourth-order valence-corrected chi connectivity index (χ4v) is 6.09. The molecule has 3 aromatic heterocycles. The van der Waals surface area contributed by atoms with Gasteiger partial charge in [-0.25, -0.2) is 0 Å². The molecule has 0 saturated heterocycles. The van der Waals surface area contributed by atoms with Gasteiger partial charge in [0, 0.05) is 39.5 Å². The normalized spacial score (nSPS) is 12.4. The van der Waals surface area contributed by atoms with Crippen molar-refractivity contribution in [2.24, 2.45) is 7.05 Å². The summed E-state index contributed by atoms with van der Waals surface area (Å²) in [5.41, 5.74) is 8.93. The van der Waals surface area contributed by atoms with E-state index in [1.54, 1.807) is 0 Å². The first-order valence-electron chi connectivity index (χ1n) is 11.5. The van der Waals surface area contributed by atoms with Crippen molar-refractivity contribution in [1.29, 1.82) is 0 Å². The standard InChI is InChI=1S/C31H20N2/c1-32-26-17-9-14-21-20-12-5-7-15-24(20)33-25-16-8-6-13-22(25)28-23(19-10-3-2-4-11-19)18-27(32)30(29(21)26)31(28)33/h2-18H,1H3. The zero-order valence-electron chi connectivity index (χ0n) is 18.2. The van der Waals surface area contributed by atoms with Gasteiger partial charge >= 0.3 is 0 Å². The van der Waals surface area contributed by atoms with Gasteiger partial charge in [-0.2, -0.15) is 0 Å². The lowest BCUT2D eigenvalue weighted by atomic mass is 9.96. The monoisotopic (exact) mass is 420 g/mol. The van der Waals surface area contributed by atoms with Gasteiger partial charge in [-0.05, 0) is 40.8 Å². The van der Waals surface area contributed by atoms with Gasteiger partial charge in [-0.15, -0.1) is 0 Å². The lowest BCUT2D eigenvalue weighted by Crippen LogP contribution is -1.90. The van der Waals surface area contributed by atoms with E-state index in [1.165, 1.54) is 71.0 Å². The van der Waals surface area contributed by atoms with Crippen LogP contribution in [0.5, 0.6) is 0 Å². The van der Waals surface area contributed by atoms with Gasteiger partial charge in [0.1, 0.15) is 0 Å². The summed E-state index contributed by atoms with van der Waals surface area (Å²) in [6.45, 7) is 0. The number of hydrogen-bond acceptors (Lipinski definition) is 0. The first-order valence-corrected chi connectivity index (χ1v) is 11.5. The van der Waals surface area contributed by atoms with Gasteiger partial charge < -0.3 is 8.97 Å². The molecule has 0 spiro atoms. The van der Waals surface area contributed by atoms with E-state index in [9.17, 15) is 0 Å². The van der Waals surface area contributed by atoms with Crippen LogP contribution in [0.15, 0.2) is 103 Å². The largest absolute Gasteiger partial charge is 0.344 e. The lowest BCUT2D eigenvalue weighted by Gasteiger charge is -2.08. The molecular weight excluding hydrogens is 400 g/mol. The van der Waals surface area contributed by atoms with Gasteiger partial charge in [0.15, 0.2) is 0 Å². The number of aryl methyl sites for hydroxylation is 1. The molecule has 0 amide bonds. The summed E-state index contributed by atoms with van der Waals surface area (Å²) < 4.78 is 4.88. The summed E-state index contributed by atoms with van der Waals surface area (Å²) in [5.74, 6) is 0. The second kappa shape index (κ2) is 5.93. The maximum Gasteiger partial charge on any atom is 0.0648 e. The van der Waals surface area contributed by atoms with Crippen molar-refractivity contribution in [2.75, 3.05) is 0 Å². The van der Waals surface area contributed by atoms with Crippen molar-refractivity contribution in [2.45, 2.75) is 0 Å². The molecule has 0 aliphatic rings. The number of nitrogens with zero attached hydrogens (tertiary/aromatic N) is 2. The van der Waals surface area contributed by atoms with Crippen molar-refractivity contribution in [1.82, 2.24) is 8.97 Å². The van der Waals surface area contributed by atoms with E-state index >= 15 is 0 Å². The van der Waals surface area contributed by atoms with Gasteiger partial charge in [-0.1, -0.05) is 78.9 Å². The Kier molecular flexibility index (Phi) is 3.11. The summed E-state index contributed by atoms with van der Waals surface area (Å²) in [6, 6.07) is 37.7. The van der Waals surface area contributed by atoms with Crippen LogP contribution < -0.4 is 0 Å². The van der Waals surface area contributed by atoms with Crippen molar-refractivity contribution >= 4 is 59.9 Å². The molecule has 5 aromatic carbocycles. The summed E-state index contributed by atoms with van der Waals surface area (Å²) in [5, 5.41) is 7.95. The Hall–Kier alpha value is -4.30. The first kappa shape index (κ1) is 17.3. The Morgan fingerprint density at radius 2 is 1.12 bits per heavy atom. The molecule has 3 heterocycles. The van der Waals surface area contributed by atoms with Crippen LogP contribution in [0, 0.1) is 0 Å². The maximum atomic E-state index is 2.51. The fraction of sp³-hybridized carbons (Fsp3) is 0.0323. The van der Waals surface area contributed by atoms with Crippen molar-refractivity contribution in [3.05, 3.63) is 103 Å². The molecule has 0 bridgehead atoms. The zero-order chi connectivity index (χ0) is 21.7. The van der Waals surface area contributed by atoms with E-state index in [1.807, 2.05) is 0 Å². The summed E-state index contributed by atoms with van der Waals surface area (Å²) in [6.07, 6.45) is 0. The van der Waals surface area contributed by atoms with Gasteiger partial charge in [0.2, 0.25) is 0 Å². The minimum atomic E-state index is 1.25. The predicted molar refractivity (Wildman–Crippen MR) is 141 cm³/mol. The Morgan fingerprint density at radius 3 is 1.94 bits per heavy atom. The highest BCUT2D eigenvalue weighted by atomic mass is 15.0. The van der Waals surface area contributed by atoms with Crippen LogP contribution in [0.2, 0.25) is 0 Å². The van der Waals surface area contributed by atoms with E-state index in [4.69, 9.17) is 0 Å². The molecule has 154 valence electrons. The second-order valence-corrected chi connectivity index (χ2v) is 9.04. The van der Waals surface area contributed by atoms with E-state index in [-0.39, 0.29) is 0 Å². The number of benzene rings is 5. The minimum Gasteiger partial charge on any atom is -0.344 e. The third-order valence-electron chi connectivity index (χ3n) is 7.45. The zero-order valence-corrected chi connectivity index (χ0v) is 18.2. The third-order valence-corrected chi connectivity index (χ3v) is 7.45. The molecule has 0 aliphatic carbocycles. The van der Waals surface area contributed by atoms with Crippen LogP contribution in [-0.4, -0.2) is 8.97 Å². The van der Waals surface area contributed by atoms with Crippen LogP contribution >= 0.6 is 0 Å². The third kappa shape index (κ3) is 2.00. The Bertz CT molecular complexity index is 2020. The Labute approximate surface area is 190 Å². The highest BCUT2D eigenvalue weighted by molar-refractivity contribution is 6.34. The molecule has 0 atom stereocenters. The molecule has 0 saturated carbocycles. The van der Waals surface area contributed by atoms with Crippen LogP contribution in [0.3, 0.4) is 0 Å². The average Bonchev–Trinajstić information content (AvgIpc) is 3.32. The van der Waals surface area contributed by atoms with E-state index in [0.29, 0.717) is 0 Å². The molecule has 2 nitrogen and oxygen atoms in total. The highest BCUT2D eigenvalue weighted by Gasteiger charge is 2.23. The van der Waals surface area contributed by atoms with Crippen LogP contribution in [-0.2, 0) is 7.05 Å². The molecule has 2 heteroatoms. The highest BCUT2D eigenvalue weighted by Crippen LogP contribution is 2.47. The minimum absolute atomic E-state index is 1.25.